The molecule has 0 bridgehead atoms. The smallest absolute Gasteiger partial charge is 0.245 e. The third-order valence-electron chi connectivity index (χ3n) is 2.58. The van der Waals surface area contributed by atoms with Crippen LogP contribution >= 0.6 is 11.6 Å². The summed E-state index contributed by atoms with van der Waals surface area (Å²) in [6.45, 7) is 1.70. The van der Waals surface area contributed by atoms with Gasteiger partial charge in [0.1, 0.15) is 5.38 Å². The van der Waals surface area contributed by atoms with E-state index >= 15 is 0 Å². The average Bonchev–Trinajstić information content (AvgIpc) is 2.36. The van der Waals surface area contributed by atoms with Crippen LogP contribution in [0.2, 0.25) is 0 Å². The lowest BCUT2D eigenvalue weighted by atomic mass is 10.1. The molecular formula is C12H16ClNO2. The molecule has 3 nitrogen and oxygen atoms in total. The van der Waals surface area contributed by atoms with Gasteiger partial charge in [0.05, 0.1) is 12.6 Å². The molecule has 0 heterocycles. The molecule has 0 radical (unpaired) electrons. The first kappa shape index (κ1) is 13.0. The predicted octanol–water partition coefficient (Wildman–Crippen LogP) is 1.81. The van der Waals surface area contributed by atoms with E-state index in [0.717, 1.165) is 5.56 Å². The molecule has 2 unspecified atom stereocenters. The van der Waals surface area contributed by atoms with Gasteiger partial charge in [-0.1, -0.05) is 30.3 Å². The Morgan fingerprint density at radius 1 is 1.44 bits per heavy atom. The molecule has 88 valence electrons. The average molecular weight is 242 g/mol. The predicted molar refractivity (Wildman–Crippen MR) is 64.4 cm³/mol. The van der Waals surface area contributed by atoms with Crippen LogP contribution in [0.1, 0.15) is 17.9 Å². The molecule has 1 N–H and O–H groups in total. The molecule has 2 atom stereocenters. The second-order valence-electron chi connectivity index (χ2n) is 3.75. The lowest BCUT2D eigenvalue weighted by molar-refractivity contribution is -0.132. The third kappa shape index (κ3) is 2.97. The summed E-state index contributed by atoms with van der Waals surface area (Å²) in [6, 6.07) is 8.95. The van der Waals surface area contributed by atoms with Gasteiger partial charge in [0.25, 0.3) is 0 Å². The van der Waals surface area contributed by atoms with Gasteiger partial charge in [-0.05, 0) is 12.5 Å². The maximum absolute atomic E-state index is 11.9. The van der Waals surface area contributed by atoms with Crippen LogP contribution in [0.5, 0.6) is 0 Å². The first-order valence-corrected chi connectivity index (χ1v) is 5.58. The minimum Gasteiger partial charge on any atom is -0.394 e. The Hall–Kier alpha value is -1.06. The number of amides is 1. The lowest BCUT2D eigenvalue weighted by Crippen LogP contribution is -2.39. The molecule has 1 amide bonds. The van der Waals surface area contributed by atoms with E-state index in [1.165, 1.54) is 4.90 Å². The summed E-state index contributed by atoms with van der Waals surface area (Å²) in [7, 11) is 1.64. The zero-order valence-corrected chi connectivity index (χ0v) is 10.2. The minimum atomic E-state index is -0.694. The minimum absolute atomic E-state index is 0.0688. The summed E-state index contributed by atoms with van der Waals surface area (Å²) in [4.78, 5) is 13.4. The fourth-order valence-corrected chi connectivity index (χ4v) is 1.58. The van der Waals surface area contributed by atoms with Crippen LogP contribution in [0.3, 0.4) is 0 Å². The number of hydrogen-bond acceptors (Lipinski definition) is 2. The maximum Gasteiger partial charge on any atom is 0.245 e. The van der Waals surface area contributed by atoms with Crippen LogP contribution in [0.4, 0.5) is 0 Å². The molecule has 0 aliphatic heterocycles. The Morgan fingerprint density at radius 3 is 2.50 bits per heavy atom. The first-order valence-electron chi connectivity index (χ1n) is 5.14. The van der Waals surface area contributed by atoms with Gasteiger partial charge < -0.3 is 10.0 Å². The number of halogens is 1. The molecular weight excluding hydrogens is 226 g/mol. The van der Waals surface area contributed by atoms with Gasteiger partial charge in [0, 0.05) is 7.05 Å². The van der Waals surface area contributed by atoms with Crippen molar-refractivity contribution in [3.05, 3.63) is 35.9 Å². The number of nitrogens with zero attached hydrogens (tertiary/aromatic N) is 1. The van der Waals surface area contributed by atoms with E-state index in [0.29, 0.717) is 0 Å². The van der Waals surface area contributed by atoms with Crippen molar-refractivity contribution in [2.75, 3.05) is 13.7 Å². The normalized spacial score (nSPS) is 14.2. The van der Waals surface area contributed by atoms with Crippen LogP contribution < -0.4 is 0 Å². The van der Waals surface area contributed by atoms with E-state index in [9.17, 15) is 4.79 Å². The first-order chi connectivity index (χ1) is 7.57. The Kier molecular flexibility index (Phi) is 4.77. The van der Waals surface area contributed by atoms with E-state index in [4.69, 9.17) is 16.7 Å². The standard InChI is InChI=1S/C12H16ClNO2/c1-9(8-15)14(2)12(16)11(13)10-6-4-3-5-7-10/h3-7,9,11,15H,8H2,1-2H3. The number of hydrogen-bond donors (Lipinski definition) is 1. The van der Waals surface area contributed by atoms with Crippen LogP contribution in [0.15, 0.2) is 30.3 Å². The lowest BCUT2D eigenvalue weighted by Gasteiger charge is -2.25. The number of alkyl halides is 1. The summed E-state index contributed by atoms with van der Waals surface area (Å²) >= 11 is 6.08. The second kappa shape index (κ2) is 5.87. The van der Waals surface area contributed by atoms with Crippen molar-refractivity contribution in [2.24, 2.45) is 0 Å². The van der Waals surface area contributed by atoms with Crippen molar-refractivity contribution >= 4 is 17.5 Å². The van der Waals surface area contributed by atoms with Crippen molar-refractivity contribution in [3.8, 4) is 0 Å². The fourth-order valence-electron chi connectivity index (χ4n) is 1.28. The summed E-state index contributed by atoms with van der Waals surface area (Å²) < 4.78 is 0. The molecule has 0 aliphatic rings. The molecule has 1 rings (SSSR count). The van der Waals surface area contributed by atoms with Gasteiger partial charge in [-0.15, -0.1) is 11.6 Å². The SMILES string of the molecule is CC(CO)N(C)C(=O)C(Cl)c1ccccc1. The van der Waals surface area contributed by atoms with Crippen LogP contribution in [0.25, 0.3) is 0 Å². The van der Waals surface area contributed by atoms with Crippen molar-refractivity contribution in [1.82, 2.24) is 4.90 Å². The van der Waals surface area contributed by atoms with E-state index in [1.807, 2.05) is 30.3 Å². The summed E-state index contributed by atoms with van der Waals surface area (Å²) in [5.41, 5.74) is 0.770. The molecule has 0 fully saturated rings. The highest BCUT2D eigenvalue weighted by atomic mass is 35.5. The number of benzene rings is 1. The highest BCUT2D eigenvalue weighted by Crippen LogP contribution is 2.22. The summed E-state index contributed by atoms with van der Waals surface area (Å²) in [5, 5.41) is 8.28. The molecule has 0 aromatic heterocycles. The van der Waals surface area contributed by atoms with Gasteiger partial charge in [-0.25, -0.2) is 0 Å². The van der Waals surface area contributed by atoms with Crippen LogP contribution in [-0.2, 0) is 4.79 Å². The van der Waals surface area contributed by atoms with Gasteiger partial charge in [0.15, 0.2) is 0 Å². The highest BCUT2D eigenvalue weighted by molar-refractivity contribution is 6.30. The Morgan fingerprint density at radius 2 is 2.00 bits per heavy atom. The summed E-state index contributed by atoms with van der Waals surface area (Å²) in [6.07, 6.45) is 0. The quantitative estimate of drug-likeness (QED) is 0.817. The Balaban J connectivity index is 2.75. The van der Waals surface area contributed by atoms with Crippen molar-refractivity contribution < 1.29 is 9.90 Å². The molecule has 1 aromatic carbocycles. The molecule has 16 heavy (non-hydrogen) atoms. The summed E-state index contributed by atoms with van der Waals surface area (Å²) in [5.74, 6) is -0.200. The number of aliphatic hydroxyl groups is 1. The van der Waals surface area contributed by atoms with Gasteiger partial charge in [-0.3, -0.25) is 4.79 Å². The molecule has 0 saturated carbocycles. The zero-order chi connectivity index (χ0) is 12.1. The van der Waals surface area contributed by atoms with Gasteiger partial charge in [-0.2, -0.15) is 0 Å². The van der Waals surface area contributed by atoms with E-state index < -0.39 is 5.38 Å². The van der Waals surface area contributed by atoms with Crippen LogP contribution in [0, 0.1) is 0 Å². The van der Waals surface area contributed by atoms with E-state index in [1.54, 1.807) is 14.0 Å². The Bertz CT molecular complexity index is 342. The fraction of sp³-hybridized carbons (Fsp3) is 0.417. The Labute approximate surface area is 101 Å². The van der Waals surface area contributed by atoms with Crippen molar-refractivity contribution in [2.45, 2.75) is 18.3 Å². The molecule has 0 aliphatic carbocycles. The number of carbonyl (C=O) groups excluding carboxylic acids is 1. The van der Waals surface area contributed by atoms with E-state index in [-0.39, 0.29) is 18.6 Å². The second-order valence-corrected chi connectivity index (χ2v) is 4.19. The van der Waals surface area contributed by atoms with E-state index in [2.05, 4.69) is 0 Å². The van der Waals surface area contributed by atoms with Crippen molar-refractivity contribution in [1.29, 1.82) is 0 Å². The van der Waals surface area contributed by atoms with Gasteiger partial charge >= 0.3 is 0 Å². The molecule has 1 aromatic rings. The third-order valence-corrected chi connectivity index (χ3v) is 3.02. The van der Waals surface area contributed by atoms with Gasteiger partial charge in [0.2, 0.25) is 5.91 Å². The number of likely N-dealkylation sites (N-methyl/N-ethyl adjacent to an activating group) is 1. The largest absolute Gasteiger partial charge is 0.394 e. The highest BCUT2D eigenvalue weighted by Gasteiger charge is 2.23. The monoisotopic (exact) mass is 241 g/mol. The molecule has 0 saturated heterocycles. The maximum atomic E-state index is 11.9. The zero-order valence-electron chi connectivity index (χ0n) is 9.43. The van der Waals surface area contributed by atoms with Crippen LogP contribution in [-0.4, -0.2) is 35.6 Å². The number of aliphatic hydroxyl groups excluding tert-OH is 1. The number of rotatable bonds is 4. The number of carbonyl (C=O) groups is 1. The molecule has 4 heteroatoms. The van der Waals surface area contributed by atoms with Crippen molar-refractivity contribution in [3.63, 3.8) is 0 Å². The molecule has 0 spiro atoms. The topological polar surface area (TPSA) is 40.5 Å².